The fraction of sp³-hybridized carbons (Fsp3) is 0.357. The van der Waals surface area contributed by atoms with E-state index >= 15 is 0 Å². The number of hydrogen-bond donors (Lipinski definition) is 2. The summed E-state index contributed by atoms with van der Waals surface area (Å²) < 4.78 is 0. The number of carbonyl (C=O) groups excluding carboxylic acids is 1. The number of fused-ring (bicyclic) bond motifs is 1. The highest BCUT2D eigenvalue weighted by Crippen LogP contribution is 2.17. The van der Waals surface area contributed by atoms with Crippen molar-refractivity contribution in [3.05, 3.63) is 40.9 Å². The molecular formula is C14H17N5OS. The molecule has 2 amide bonds. The Bertz CT molecular complexity index is 601. The molecule has 7 heteroatoms. The topological polar surface area (TPSA) is 70.2 Å². The highest BCUT2D eigenvalue weighted by atomic mass is 32.1. The van der Waals surface area contributed by atoms with Crippen LogP contribution in [-0.4, -0.2) is 40.8 Å². The number of anilines is 1. The maximum Gasteiger partial charge on any atom is 0.321 e. The second-order valence-electron chi connectivity index (χ2n) is 4.92. The molecule has 0 saturated carbocycles. The van der Waals surface area contributed by atoms with E-state index in [9.17, 15) is 4.79 Å². The van der Waals surface area contributed by atoms with Crippen LogP contribution in [0.3, 0.4) is 0 Å². The molecule has 0 unspecified atom stereocenters. The van der Waals surface area contributed by atoms with Crippen LogP contribution in [0.15, 0.2) is 29.8 Å². The monoisotopic (exact) mass is 303 g/mol. The van der Waals surface area contributed by atoms with Crippen LogP contribution in [0.4, 0.5) is 9.93 Å². The van der Waals surface area contributed by atoms with Gasteiger partial charge in [-0.2, -0.15) is 0 Å². The average Bonchev–Trinajstić information content (AvgIpc) is 3.00. The third-order valence-corrected chi connectivity index (χ3v) is 4.11. The first-order valence-corrected chi connectivity index (χ1v) is 7.79. The van der Waals surface area contributed by atoms with E-state index in [1.54, 1.807) is 5.51 Å². The Morgan fingerprint density at radius 2 is 2.19 bits per heavy atom. The quantitative estimate of drug-likeness (QED) is 0.902. The Kier molecular flexibility index (Phi) is 4.42. The number of amides is 2. The highest BCUT2D eigenvalue weighted by Gasteiger charge is 2.15. The molecule has 0 fully saturated rings. The van der Waals surface area contributed by atoms with Gasteiger partial charge in [-0.15, -0.1) is 10.2 Å². The van der Waals surface area contributed by atoms with Crippen LogP contribution in [0.2, 0.25) is 0 Å². The molecule has 1 aliphatic heterocycles. The Morgan fingerprint density at radius 3 is 3.00 bits per heavy atom. The van der Waals surface area contributed by atoms with E-state index in [1.807, 2.05) is 0 Å². The van der Waals surface area contributed by atoms with Crippen molar-refractivity contribution in [2.45, 2.75) is 13.0 Å². The second-order valence-corrected chi connectivity index (χ2v) is 5.75. The van der Waals surface area contributed by atoms with Crippen molar-refractivity contribution >= 4 is 22.5 Å². The number of nitrogens with one attached hydrogen (secondary N) is 2. The molecule has 1 aromatic heterocycles. The number of rotatable bonds is 4. The van der Waals surface area contributed by atoms with Crippen molar-refractivity contribution in [3.8, 4) is 0 Å². The third-order valence-electron chi connectivity index (χ3n) is 3.50. The van der Waals surface area contributed by atoms with Crippen LogP contribution in [0.25, 0.3) is 0 Å². The van der Waals surface area contributed by atoms with E-state index in [2.05, 4.69) is 50.0 Å². The molecule has 6 nitrogen and oxygen atoms in total. The standard InChI is InChI=1S/C14H17N5OS/c20-13(17-14-18-16-10-21-14)15-6-8-19-7-5-11-3-1-2-4-12(11)9-19/h1-4,10H,5-9H2,(H2,15,17,18,20). The summed E-state index contributed by atoms with van der Waals surface area (Å²) in [6.45, 7) is 3.46. The van der Waals surface area contributed by atoms with Crippen molar-refractivity contribution in [3.63, 3.8) is 0 Å². The maximum absolute atomic E-state index is 11.6. The lowest BCUT2D eigenvalue weighted by Gasteiger charge is -2.28. The Balaban J connectivity index is 1.41. The number of benzene rings is 1. The first-order chi connectivity index (χ1) is 10.3. The van der Waals surface area contributed by atoms with Crippen molar-refractivity contribution in [1.82, 2.24) is 20.4 Å². The lowest BCUT2D eigenvalue weighted by molar-refractivity contribution is 0.239. The van der Waals surface area contributed by atoms with E-state index in [-0.39, 0.29) is 6.03 Å². The minimum atomic E-state index is -0.232. The summed E-state index contributed by atoms with van der Waals surface area (Å²) in [5, 5.41) is 13.4. The van der Waals surface area contributed by atoms with Gasteiger partial charge in [-0.3, -0.25) is 10.2 Å². The predicted molar refractivity (Wildman–Crippen MR) is 82.4 cm³/mol. The molecule has 0 aliphatic carbocycles. The van der Waals surface area contributed by atoms with Crippen molar-refractivity contribution < 1.29 is 4.79 Å². The molecule has 0 bridgehead atoms. The number of hydrogen-bond acceptors (Lipinski definition) is 5. The van der Waals surface area contributed by atoms with Crippen LogP contribution in [0, 0.1) is 0 Å². The molecule has 1 aromatic carbocycles. The van der Waals surface area contributed by atoms with Gasteiger partial charge in [0.15, 0.2) is 0 Å². The van der Waals surface area contributed by atoms with Crippen LogP contribution in [0.1, 0.15) is 11.1 Å². The number of aromatic nitrogens is 2. The lowest BCUT2D eigenvalue weighted by atomic mass is 10.00. The SMILES string of the molecule is O=C(NCCN1CCc2ccccc2C1)Nc1nncs1. The molecule has 0 saturated heterocycles. The van der Waals surface area contributed by atoms with Crippen molar-refractivity contribution in [2.75, 3.05) is 25.0 Å². The van der Waals surface area contributed by atoms with Gasteiger partial charge in [0.1, 0.15) is 5.51 Å². The zero-order chi connectivity index (χ0) is 14.5. The fourth-order valence-electron chi connectivity index (χ4n) is 2.44. The van der Waals surface area contributed by atoms with Gasteiger partial charge >= 0.3 is 6.03 Å². The highest BCUT2D eigenvalue weighted by molar-refractivity contribution is 7.13. The van der Waals surface area contributed by atoms with Gasteiger partial charge in [0, 0.05) is 26.2 Å². The molecule has 0 radical (unpaired) electrons. The van der Waals surface area contributed by atoms with Crippen LogP contribution < -0.4 is 10.6 Å². The van der Waals surface area contributed by atoms with E-state index < -0.39 is 0 Å². The van der Waals surface area contributed by atoms with Crippen molar-refractivity contribution in [1.29, 1.82) is 0 Å². The van der Waals surface area contributed by atoms with Gasteiger partial charge in [-0.1, -0.05) is 35.6 Å². The van der Waals surface area contributed by atoms with Crippen LogP contribution in [-0.2, 0) is 13.0 Å². The molecule has 2 heterocycles. The molecular weight excluding hydrogens is 286 g/mol. The number of nitrogens with zero attached hydrogens (tertiary/aromatic N) is 3. The van der Waals surface area contributed by atoms with E-state index in [0.717, 1.165) is 26.1 Å². The molecule has 110 valence electrons. The smallest absolute Gasteiger partial charge is 0.321 e. The summed E-state index contributed by atoms with van der Waals surface area (Å²) >= 11 is 1.30. The summed E-state index contributed by atoms with van der Waals surface area (Å²) in [5.41, 5.74) is 4.42. The number of carbonyl (C=O) groups is 1. The summed E-state index contributed by atoms with van der Waals surface area (Å²) in [7, 11) is 0. The molecule has 1 aliphatic rings. The molecule has 3 rings (SSSR count). The molecule has 0 atom stereocenters. The summed E-state index contributed by atoms with van der Waals surface area (Å²) in [5.74, 6) is 0. The lowest BCUT2D eigenvalue weighted by Crippen LogP contribution is -2.39. The van der Waals surface area contributed by atoms with Gasteiger partial charge in [0.25, 0.3) is 0 Å². The normalized spacial score (nSPS) is 14.5. The zero-order valence-corrected chi connectivity index (χ0v) is 12.4. The summed E-state index contributed by atoms with van der Waals surface area (Å²) in [6.07, 6.45) is 1.08. The summed E-state index contributed by atoms with van der Waals surface area (Å²) in [6, 6.07) is 8.31. The minimum Gasteiger partial charge on any atom is -0.337 e. The summed E-state index contributed by atoms with van der Waals surface area (Å²) in [4.78, 5) is 14.0. The zero-order valence-electron chi connectivity index (χ0n) is 11.6. The Labute approximate surface area is 127 Å². The maximum atomic E-state index is 11.6. The largest absolute Gasteiger partial charge is 0.337 e. The molecule has 21 heavy (non-hydrogen) atoms. The van der Waals surface area contributed by atoms with Crippen molar-refractivity contribution in [2.24, 2.45) is 0 Å². The predicted octanol–water partition coefficient (Wildman–Crippen LogP) is 1.72. The van der Waals surface area contributed by atoms with Gasteiger partial charge in [-0.05, 0) is 17.5 Å². The number of urea groups is 1. The Hall–Kier alpha value is -1.99. The Morgan fingerprint density at radius 1 is 1.33 bits per heavy atom. The first-order valence-electron chi connectivity index (χ1n) is 6.91. The third kappa shape index (κ3) is 3.77. The van der Waals surface area contributed by atoms with Gasteiger partial charge in [0.05, 0.1) is 0 Å². The van der Waals surface area contributed by atoms with E-state index in [0.29, 0.717) is 11.7 Å². The molecule has 2 aromatic rings. The van der Waals surface area contributed by atoms with Crippen LogP contribution >= 0.6 is 11.3 Å². The van der Waals surface area contributed by atoms with Gasteiger partial charge in [-0.25, -0.2) is 4.79 Å². The van der Waals surface area contributed by atoms with Gasteiger partial charge < -0.3 is 5.32 Å². The second kappa shape index (κ2) is 6.64. The first kappa shape index (κ1) is 14.0. The fourth-order valence-corrected chi connectivity index (χ4v) is 2.88. The van der Waals surface area contributed by atoms with E-state index in [4.69, 9.17) is 0 Å². The van der Waals surface area contributed by atoms with E-state index in [1.165, 1.54) is 22.5 Å². The minimum absolute atomic E-state index is 0.232. The van der Waals surface area contributed by atoms with Crippen LogP contribution in [0.5, 0.6) is 0 Å². The molecule has 2 N–H and O–H groups in total. The average molecular weight is 303 g/mol. The molecule has 0 spiro atoms. The van der Waals surface area contributed by atoms with Gasteiger partial charge in [0.2, 0.25) is 5.13 Å².